The minimum absolute atomic E-state index is 0.0530. The molecule has 0 spiro atoms. The normalized spacial score (nSPS) is 10.6. The zero-order valence-electron chi connectivity index (χ0n) is 11.1. The van der Waals surface area contributed by atoms with Gasteiger partial charge in [-0.15, -0.1) is 0 Å². The molecule has 0 aliphatic carbocycles. The molecule has 0 atom stereocenters. The van der Waals surface area contributed by atoms with Crippen LogP contribution in [-0.2, 0) is 12.8 Å². The summed E-state index contributed by atoms with van der Waals surface area (Å²) < 4.78 is 0. The predicted octanol–water partition coefficient (Wildman–Crippen LogP) is 3.60. The fourth-order valence-corrected chi connectivity index (χ4v) is 2.38. The van der Waals surface area contributed by atoms with Gasteiger partial charge in [-0.25, -0.2) is 0 Å². The van der Waals surface area contributed by atoms with E-state index in [1.54, 1.807) is 18.2 Å². The molecule has 3 N–H and O–H groups in total. The molecule has 100 valence electrons. The molecule has 0 unspecified atom stereocenters. The smallest absolute Gasteiger partial charge is 0.161 e. The first-order valence-corrected chi connectivity index (χ1v) is 6.44. The Balaban J connectivity index is 2.73. The van der Waals surface area contributed by atoms with Gasteiger partial charge in [0, 0.05) is 5.56 Å². The number of phenolic OH excluding ortho intramolecular Hbond substituents is 3. The minimum Gasteiger partial charge on any atom is -0.508 e. The molecule has 0 radical (unpaired) electrons. The lowest BCUT2D eigenvalue weighted by atomic mass is 9.90. The Morgan fingerprint density at radius 3 is 2.05 bits per heavy atom. The van der Waals surface area contributed by atoms with E-state index in [4.69, 9.17) is 0 Å². The summed E-state index contributed by atoms with van der Waals surface area (Å²) in [5, 5.41) is 29.1. The summed E-state index contributed by atoms with van der Waals surface area (Å²) in [6, 6.07) is 8.49. The van der Waals surface area contributed by atoms with Crippen LogP contribution in [0.1, 0.15) is 25.0 Å². The third kappa shape index (κ3) is 2.36. The average Bonchev–Trinajstić information content (AvgIpc) is 2.42. The van der Waals surface area contributed by atoms with Gasteiger partial charge in [-0.3, -0.25) is 0 Å². The van der Waals surface area contributed by atoms with Crippen molar-refractivity contribution in [3.8, 4) is 28.4 Å². The van der Waals surface area contributed by atoms with Gasteiger partial charge in [0.05, 0.1) is 0 Å². The lowest BCUT2D eigenvalue weighted by molar-refractivity contribution is 0.399. The number of aryl methyl sites for hydroxylation is 1. The zero-order chi connectivity index (χ0) is 14.0. The van der Waals surface area contributed by atoms with Gasteiger partial charge in [0.2, 0.25) is 0 Å². The van der Waals surface area contributed by atoms with E-state index in [1.165, 1.54) is 0 Å². The van der Waals surface area contributed by atoms with Crippen molar-refractivity contribution in [2.75, 3.05) is 0 Å². The highest BCUT2D eigenvalue weighted by Gasteiger charge is 2.16. The van der Waals surface area contributed by atoms with E-state index in [1.807, 2.05) is 26.0 Å². The second-order valence-corrected chi connectivity index (χ2v) is 4.51. The minimum atomic E-state index is -0.0729. The molecule has 0 saturated heterocycles. The van der Waals surface area contributed by atoms with Gasteiger partial charge in [-0.2, -0.15) is 0 Å². The quantitative estimate of drug-likeness (QED) is 0.737. The van der Waals surface area contributed by atoms with Gasteiger partial charge >= 0.3 is 0 Å². The van der Waals surface area contributed by atoms with Crippen molar-refractivity contribution in [2.45, 2.75) is 26.7 Å². The standard InChI is InChI=1S/C16H18O3/c1-3-10-9-14(18)16(19)13(4-2)15(10)11-5-7-12(17)8-6-11/h5-9,17-19H,3-4H2,1-2H3. The van der Waals surface area contributed by atoms with Crippen molar-refractivity contribution in [1.82, 2.24) is 0 Å². The molecule has 0 bridgehead atoms. The summed E-state index contributed by atoms with van der Waals surface area (Å²) in [4.78, 5) is 0. The van der Waals surface area contributed by atoms with Crippen LogP contribution in [0.5, 0.6) is 17.2 Å². The van der Waals surface area contributed by atoms with Crippen LogP contribution in [0.25, 0.3) is 11.1 Å². The molecule has 2 aromatic carbocycles. The summed E-state index contributed by atoms with van der Waals surface area (Å²) in [6.07, 6.45) is 1.39. The van der Waals surface area contributed by atoms with Gasteiger partial charge in [-0.1, -0.05) is 26.0 Å². The number of aromatic hydroxyl groups is 3. The van der Waals surface area contributed by atoms with E-state index < -0.39 is 0 Å². The molecule has 19 heavy (non-hydrogen) atoms. The monoisotopic (exact) mass is 258 g/mol. The third-order valence-corrected chi connectivity index (χ3v) is 3.35. The van der Waals surface area contributed by atoms with Gasteiger partial charge in [0.15, 0.2) is 11.5 Å². The molecule has 3 nitrogen and oxygen atoms in total. The van der Waals surface area contributed by atoms with Crippen LogP contribution >= 0.6 is 0 Å². The van der Waals surface area contributed by atoms with Crippen LogP contribution < -0.4 is 0 Å². The van der Waals surface area contributed by atoms with Crippen molar-refractivity contribution in [2.24, 2.45) is 0 Å². The van der Waals surface area contributed by atoms with Crippen molar-refractivity contribution in [1.29, 1.82) is 0 Å². The molecule has 0 fully saturated rings. The zero-order valence-corrected chi connectivity index (χ0v) is 11.1. The van der Waals surface area contributed by atoms with Gasteiger partial charge in [-0.05, 0) is 47.7 Å². The van der Waals surface area contributed by atoms with Crippen molar-refractivity contribution in [3.05, 3.63) is 41.5 Å². The topological polar surface area (TPSA) is 60.7 Å². The Morgan fingerprint density at radius 2 is 1.53 bits per heavy atom. The molecule has 2 rings (SSSR count). The summed E-state index contributed by atoms with van der Waals surface area (Å²) in [6.45, 7) is 3.95. The van der Waals surface area contributed by atoms with Gasteiger partial charge in [0.25, 0.3) is 0 Å². The lowest BCUT2D eigenvalue weighted by Crippen LogP contribution is -1.95. The largest absolute Gasteiger partial charge is 0.508 e. The Kier molecular flexibility index (Phi) is 3.65. The third-order valence-electron chi connectivity index (χ3n) is 3.35. The van der Waals surface area contributed by atoms with Crippen LogP contribution in [0, 0.1) is 0 Å². The second kappa shape index (κ2) is 5.22. The maximum absolute atomic E-state index is 10.0. The van der Waals surface area contributed by atoms with Crippen molar-refractivity contribution < 1.29 is 15.3 Å². The fraction of sp³-hybridized carbons (Fsp3) is 0.250. The molecule has 0 heterocycles. The molecule has 3 heteroatoms. The molecular weight excluding hydrogens is 240 g/mol. The van der Waals surface area contributed by atoms with Crippen LogP contribution in [0.2, 0.25) is 0 Å². The predicted molar refractivity (Wildman–Crippen MR) is 75.6 cm³/mol. The first-order valence-electron chi connectivity index (χ1n) is 6.44. The highest BCUT2D eigenvalue weighted by Crippen LogP contribution is 2.40. The fourth-order valence-electron chi connectivity index (χ4n) is 2.38. The van der Waals surface area contributed by atoms with Crippen LogP contribution in [-0.4, -0.2) is 15.3 Å². The highest BCUT2D eigenvalue weighted by atomic mass is 16.3. The maximum atomic E-state index is 10.0. The first kappa shape index (κ1) is 13.3. The molecular formula is C16H18O3. The van der Waals surface area contributed by atoms with Crippen molar-refractivity contribution >= 4 is 0 Å². The van der Waals surface area contributed by atoms with Crippen LogP contribution in [0.15, 0.2) is 30.3 Å². The Morgan fingerprint density at radius 1 is 0.895 bits per heavy atom. The molecule has 0 aromatic heterocycles. The van der Waals surface area contributed by atoms with E-state index in [-0.39, 0.29) is 17.2 Å². The van der Waals surface area contributed by atoms with E-state index >= 15 is 0 Å². The molecule has 0 amide bonds. The Bertz CT molecular complexity index is 586. The van der Waals surface area contributed by atoms with Crippen LogP contribution in [0.3, 0.4) is 0 Å². The highest BCUT2D eigenvalue weighted by molar-refractivity contribution is 5.76. The number of hydrogen-bond donors (Lipinski definition) is 3. The molecule has 0 saturated carbocycles. The Hall–Kier alpha value is -2.16. The summed E-state index contributed by atoms with van der Waals surface area (Å²) in [5.74, 6) is 0.0850. The van der Waals surface area contributed by atoms with Crippen LogP contribution in [0.4, 0.5) is 0 Å². The number of phenols is 3. The summed E-state index contributed by atoms with van der Waals surface area (Å²) in [5.41, 5.74) is 3.60. The average molecular weight is 258 g/mol. The van der Waals surface area contributed by atoms with E-state index in [2.05, 4.69) is 0 Å². The first-order chi connectivity index (χ1) is 9.08. The molecule has 0 aliphatic heterocycles. The van der Waals surface area contributed by atoms with E-state index in [0.717, 1.165) is 28.7 Å². The maximum Gasteiger partial charge on any atom is 0.161 e. The van der Waals surface area contributed by atoms with Gasteiger partial charge < -0.3 is 15.3 Å². The molecule has 0 aliphatic rings. The Labute approximate surface area is 112 Å². The molecule has 2 aromatic rings. The summed E-state index contributed by atoms with van der Waals surface area (Å²) in [7, 11) is 0. The van der Waals surface area contributed by atoms with Gasteiger partial charge in [0.1, 0.15) is 5.75 Å². The SMILES string of the molecule is CCc1cc(O)c(O)c(CC)c1-c1ccc(O)cc1. The number of benzene rings is 2. The number of rotatable bonds is 3. The lowest BCUT2D eigenvalue weighted by Gasteiger charge is -2.16. The summed E-state index contributed by atoms with van der Waals surface area (Å²) >= 11 is 0. The number of hydrogen-bond acceptors (Lipinski definition) is 3. The second-order valence-electron chi connectivity index (χ2n) is 4.51. The van der Waals surface area contributed by atoms with E-state index in [0.29, 0.717) is 6.42 Å². The van der Waals surface area contributed by atoms with E-state index in [9.17, 15) is 15.3 Å². The van der Waals surface area contributed by atoms with Crippen molar-refractivity contribution in [3.63, 3.8) is 0 Å².